The van der Waals surface area contributed by atoms with E-state index in [1.807, 2.05) is 0 Å². The predicted octanol–water partition coefficient (Wildman–Crippen LogP) is 6.11. The number of ether oxygens (including phenoxy) is 1. The van der Waals surface area contributed by atoms with Crippen LogP contribution in [0.1, 0.15) is 49.1 Å². The van der Waals surface area contributed by atoms with Gasteiger partial charge < -0.3 is 9.64 Å². The average molecular weight is 454 g/mol. The zero-order valence-electron chi connectivity index (χ0n) is 18.7. The molecule has 5 rings (SSSR count). The smallest absolute Gasteiger partial charge is 0.190 e. The lowest BCUT2D eigenvalue weighted by Crippen LogP contribution is -2.36. The summed E-state index contributed by atoms with van der Waals surface area (Å²) in [5.74, 6) is 1.91. The third-order valence-electron chi connectivity index (χ3n) is 7.01. The summed E-state index contributed by atoms with van der Waals surface area (Å²) in [6, 6.07) is 10.9. The highest BCUT2D eigenvalue weighted by Gasteiger charge is 2.34. The number of hydrogen-bond acceptors (Lipinski definition) is 6. The third kappa shape index (κ3) is 4.22. The molecule has 0 amide bonds. The van der Waals surface area contributed by atoms with Crippen LogP contribution in [0, 0.1) is 5.92 Å². The fourth-order valence-corrected chi connectivity index (χ4v) is 6.39. The average Bonchev–Trinajstić information content (AvgIpc) is 3.17. The maximum absolute atomic E-state index is 6.23. The molecule has 1 aromatic carbocycles. The van der Waals surface area contributed by atoms with Crippen molar-refractivity contribution in [2.45, 2.75) is 63.3 Å². The standard InChI is InChI=1S/C25H31N3OS2/c1-4-25(2)15-19-20(16-29-25)31-23-21(19)22(26-24(27-23)30-3)28-12-10-18(11-13-28)14-17-8-6-5-7-9-17/h5-9,18H,4,10-16H2,1-3H3/t25-/m0/s1. The molecule has 164 valence electrons. The molecule has 1 atom stereocenters. The van der Waals surface area contributed by atoms with Crippen molar-refractivity contribution in [2.24, 2.45) is 5.92 Å². The lowest BCUT2D eigenvalue weighted by Gasteiger charge is -2.35. The van der Waals surface area contributed by atoms with Crippen LogP contribution in [0.15, 0.2) is 35.5 Å². The number of fused-ring (bicyclic) bond motifs is 3. The summed E-state index contributed by atoms with van der Waals surface area (Å²) in [5.41, 5.74) is 2.81. The summed E-state index contributed by atoms with van der Waals surface area (Å²) >= 11 is 3.45. The highest BCUT2D eigenvalue weighted by Crippen LogP contribution is 2.43. The number of anilines is 1. The van der Waals surface area contributed by atoms with Crippen molar-refractivity contribution in [2.75, 3.05) is 24.2 Å². The molecule has 0 spiro atoms. The predicted molar refractivity (Wildman–Crippen MR) is 131 cm³/mol. The van der Waals surface area contributed by atoms with E-state index in [4.69, 9.17) is 14.7 Å². The maximum atomic E-state index is 6.23. The molecule has 31 heavy (non-hydrogen) atoms. The Morgan fingerprint density at radius 2 is 1.97 bits per heavy atom. The Bertz CT molecular complexity index is 1060. The first kappa shape index (κ1) is 21.2. The molecule has 0 aliphatic carbocycles. The van der Waals surface area contributed by atoms with Crippen molar-refractivity contribution in [1.82, 2.24) is 9.97 Å². The number of piperidine rings is 1. The van der Waals surface area contributed by atoms with Crippen LogP contribution >= 0.6 is 23.1 Å². The van der Waals surface area contributed by atoms with Gasteiger partial charge in [0.1, 0.15) is 10.6 Å². The summed E-state index contributed by atoms with van der Waals surface area (Å²) in [6.45, 7) is 7.31. The molecular formula is C25H31N3OS2. The van der Waals surface area contributed by atoms with Crippen LogP contribution in [0.5, 0.6) is 0 Å². The molecule has 6 heteroatoms. The molecule has 4 heterocycles. The zero-order valence-corrected chi connectivity index (χ0v) is 20.3. The van der Waals surface area contributed by atoms with E-state index in [0.717, 1.165) is 47.7 Å². The van der Waals surface area contributed by atoms with Gasteiger partial charge in [-0.25, -0.2) is 9.97 Å². The van der Waals surface area contributed by atoms with E-state index in [-0.39, 0.29) is 5.60 Å². The van der Waals surface area contributed by atoms with Crippen LogP contribution < -0.4 is 4.90 Å². The van der Waals surface area contributed by atoms with Crippen LogP contribution in [0.25, 0.3) is 10.2 Å². The van der Waals surface area contributed by atoms with Gasteiger partial charge >= 0.3 is 0 Å². The Morgan fingerprint density at radius 1 is 1.19 bits per heavy atom. The summed E-state index contributed by atoms with van der Waals surface area (Å²) in [4.78, 5) is 14.9. The lowest BCUT2D eigenvalue weighted by molar-refractivity contribution is -0.0543. The van der Waals surface area contributed by atoms with Crippen LogP contribution in [0.2, 0.25) is 0 Å². The van der Waals surface area contributed by atoms with Crippen molar-refractivity contribution >= 4 is 39.1 Å². The van der Waals surface area contributed by atoms with Gasteiger partial charge in [-0.15, -0.1) is 11.3 Å². The topological polar surface area (TPSA) is 38.2 Å². The van der Waals surface area contributed by atoms with Crippen LogP contribution in [0.3, 0.4) is 0 Å². The fourth-order valence-electron chi connectivity index (χ4n) is 4.88. The monoisotopic (exact) mass is 453 g/mol. The number of rotatable bonds is 5. The van der Waals surface area contributed by atoms with Crippen molar-refractivity contribution in [3.63, 3.8) is 0 Å². The van der Waals surface area contributed by atoms with E-state index in [2.05, 4.69) is 55.3 Å². The van der Waals surface area contributed by atoms with Crippen LogP contribution in [-0.2, 0) is 24.2 Å². The summed E-state index contributed by atoms with van der Waals surface area (Å²) in [5, 5.41) is 2.17. The van der Waals surface area contributed by atoms with Crippen molar-refractivity contribution in [1.29, 1.82) is 0 Å². The molecule has 1 fully saturated rings. The minimum Gasteiger partial charge on any atom is -0.369 e. The Morgan fingerprint density at radius 3 is 2.68 bits per heavy atom. The number of thioether (sulfide) groups is 1. The van der Waals surface area contributed by atoms with E-state index in [0.29, 0.717) is 6.61 Å². The molecule has 0 radical (unpaired) electrons. The first-order valence-electron chi connectivity index (χ1n) is 11.4. The van der Waals surface area contributed by atoms with Gasteiger partial charge in [0, 0.05) is 24.4 Å². The molecule has 0 unspecified atom stereocenters. The van der Waals surface area contributed by atoms with Gasteiger partial charge in [-0.05, 0) is 55.9 Å². The number of benzene rings is 1. The van der Waals surface area contributed by atoms with E-state index in [1.54, 1.807) is 23.1 Å². The molecule has 0 bridgehead atoms. The van der Waals surface area contributed by atoms with E-state index >= 15 is 0 Å². The molecule has 0 N–H and O–H groups in total. The second-order valence-corrected chi connectivity index (χ2v) is 11.0. The zero-order chi connectivity index (χ0) is 21.4. The molecule has 2 aliphatic heterocycles. The van der Waals surface area contributed by atoms with E-state index in [9.17, 15) is 0 Å². The number of thiophene rings is 1. The minimum absolute atomic E-state index is 0.0842. The second-order valence-electron chi connectivity index (χ2n) is 9.11. The second kappa shape index (κ2) is 8.72. The van der Waals surface area contributed by atoms with Gasteiger partial charge in [0.15, 0.2) is 5.16 Å². The Kier molecular flexibility index (Phi) is 5.97. The quantitative estimate of drug-likeness (QED) is 0.344. The highest BCUT2D eigenvalue weighted by molar-refractivity contribution is 7.98. The summed E-state index contributed by atoms with van der Waals surface area (Å²) in [7, 11) is 0. The molecule has 2 aliphatic rings. The first-order valence-corrected chi connectivity index (χ1v) is 13.4. The first-order chi connectivity index (χ1) is 15.1. The largest absolute Gasteiger partial charge is 0.369 e. The van der Waals surface area contributed by atoms with E-state index in [1.165, 1.54) is 40.7 Å². The number of aromatic nitrogens is 2. The van der Waals surface area contributed by atoms with Gasteiger partial charge in [0.25, 0.3) is 0 Å². The van der Waals surface area contributed by atoms with Gasteiger partial charge in [-0.1, -0.05) is 49.0 Å². The van der Waals surface area contributed by atoms with E-state index < -0.39 is 0 Å². The van der Waals surface area contributed by atoms with Crippen molar-refractivity contribution in [3.05, 3.63) is 46.3 Å². The van der Waals surface area contributed by atoms with Crippen molar-refractivity contribution in [3.8, 4) is 0 Å². The summed E-state index contributed by atoms with van der Waals surface area (Å²) in [6.07, 6.45) is 7.67. The maximum Gasteiger partial charge on any atom is 0.190 e. The van der Waals surface area contributed by atoms with Gasteiger partial charge in [-0.3, -0.25) is 0 Å². The van der Waals surface area contributed by atoms with Gasteiger partial charge in [0.05, 0.1) is 17.6 Å². The van der Waals surface area contributed by atoms with Crippen LogP contribution in [0.4, 0.5) is 5.82 Å². The lowest BCUT2D eigenvalue weighted by atomic mass is 9.89. The van der Waals surface area contributed by atoms with Gasteiger partial charge in [-0.2, -0.15) is 0 Å². The minimum atomic E-state index is -0.0842. The van der Waals surface area contributed by atoms with Crippen LogP contribution in [-0.4, -0.2) is 34.9 Å². The summed E-state index contributed by atoms with van der Waals surface area (Å²) < 4.78 is 6.23. The molecule has 2 aromatic heterocycles. The molecule has 1 saturated heterocycles. The molecule has 3 aromatic rings. The fraction of sp³-hybridized carbons (Fsp3) is 0.520. The number of nitrogens with zero attached hydrogens (tertiary/aromatic N) is 3. The Labute approximate surface area is 193 Å². The molecule has 4 nitrogen and oxygen atoms in total. The Hall–Kier alpha value is -1.63. The highest BCUT2D eigenvalue weighted by atomic mass is 32.2. The van der Waals surface area contributed by atoms with Crippen molar-refractivity contribution < 1.29 is 4.74 Å². The molecular weight excluding hydrogens is 422 g/mol. The molecule has 0 saturated carbocycles. The SMILES string of the molecule is CC[C@@]1(C)Cc2c(sc3nc(SC)nc(N4CCC(Cc5ccccc5)CC4)c23)CO1. The Balaban J connectivity index is 1.43. The van der Waals surface area contributed by atoms with Gasteiger partial charge in [0.2, 0.25) is 0 Å². The number of hydrogen-bond donors (Lipinski definition) is 0. The normalized spacial score (nSPS) is 22.1. The third-order valence-corrected chi connectivity index (χ3v) is 8.66.